The van der Waals surface area contributed by atoms with Crippen molar-refractivity contribution in [1.29, 1.82) is 0 Å². The Balaban J connectivity index is 0.00000320. The summed E-state index contributed by atoms with van der Waals surface area (Å²) < 4.78 is 30.9. The zero-order chi connectivity index (χ0) is 25.3. The van der Waals surface area contributed by atoms with Crippen molar-refractivity contribution in [3.8, 4) is 5.75 Å². The van der Waals surface area contributed by atoms with E-state index in [9.17, 15) is 13.2 Å². The molecule has 5 rings (SSSR count). The molecule has 1 fully saturated rings. The Morgan fingerprint density at radius 1 is 0.919 bits per heavy atom. The Bertz CT molecular complexity index is 1420. The number of carbonyl (C=O) groups is 1. The van der Waals surface area contributed by atoms with Crippen LogP contribution in [0.2, 0.25) is 5.02 Å². The van der Waals surface area contributed by atoms with Crippen LogP contribution in [-0.2, 0) is 10.0 Å². The Morgan fingerprint density at radius 2 is 1.59 bits per heavy atom. The van der Waals surface area contributed by atoms with Gasteiger partial charge in [0.1, 0.15) is 18.7 Å². The topological polar surface area (TPSA) is 92.7 Å². The fourth-order valence-electron chi connectivity index (χ4n) is 4.60. The van der Waals surface area contributed by atoms with Gasteiger partial charge in [-0.25, -0.2) is 18.4 Å². The van der Waals surface area contributed by atoms with Gasteiger partial charge in [0.25, 0.3) is 0 Å². The Morgan fingerprint density at radius 3 is 2.24 bits per heavy atom. The van der Waals surface area contributed by atoms with Crippen LogP contribution in [0.25, 0.3) is 11.1 Å². The molecule has 1 saturated heterocycles. The number of fused-ring (bicyclic) bond motifs is 1. The largest absolute Gasteiger partial charge is 0.492 e. The lowest BCUT2D eigenvalue weighted by Gasteiger charge is -2.33. The van der Waals surface area contributed by atoms with E-state index in [1.54, 1.807) is 30.6 Å². The second kappa shape index (κ2) is 11.3. The normalized spacial score (nSPS) is 16.4. The number of piperazine rings is 1. The average Bonchev–Trinajstić information content (AvgIpc) is 3.16. The number of sulfonamides is 1. The Kier molecular flexibility index (Phi) is 8.30. The third-order valence-electron chi connectivity index (χ3n) is 6.44. The number of hydrogen-bond acceptors (Lipinski definition) is 7. The van der Waals surface area contributed by atoms with Crippen molar-refractivity contribution in [1.82, 2.24) is 19.2 Å². The first-order valence-electron chi connectivity index (χ1n) is 11.6. The summed E-state index contributed by atoms with van der Waals surface area (Å²) in [5, 5.41) is 0.620. The molecule has 2 aliphatic rings. The summed E-state index contributed by atoms with van der Waals surface area (Å²) in [4.78, 5) is 24.0. The quantitative estimate of drug-likeness (QED) is 0.435. The van der Waals surface area contributed by atoms with Crippen LogP contribution in [0.5, 0.6) is 5.75 Å². The summed E-state index contributed by atoms with van der Waals surface area (Å²) in [5.74, 6) is 0.505. The highest BCUT2D eigenvalue weighted by Crippen LogP contribution is 2.43. The third-order valence-corrected chi connectivity index (χ3v) is 8.00. The van der Waals surface area contributed by atoms with Crippen molar-refractivity contribution in [3.05, 3.63) is 88.5 Å². The average molecular weight is 561 g/mol. The van der Waals surface area contributed by atoms with Gasteiger partial charge in [0, 0.05) is 72.4 Å². The monoisotopic (exact) mass is 560 g/mol. The van der Waals surface area contributed by atoms with E-state index in [0.717, 1.165) is 16.7 Å². The summed E-state index contributed by atoms with van der Waals surface area (Å²) in [7, 11) is -3.15. The van der Waals surface area contributed by atoms with Crippen molar-refractivity contribution < 1.29 is 17.9 Å². The lowest BCUT2D eigenvalue weighted by atomic mass is 9.95. The maximum absolute atomic E-state index is 13.6. The fraction of sp³-hybridized carbons (Fsp3) is 0.269. The molecule has 2 heterocycles. The Hall–Kier alpha value is -2.82. The first-order chi connectivity index (χ1) is 17.3. The minimum absolute atomic E-state index is 0. The number of carbonyl (C=O) groups excluding carboxylic acids is 1. The molecule has 194 valence electrons. The van der Waals surface area contributed by atoms with Gasteiger partial charge in [-0.05, 0) is 41.5 Å². The molecule has 11 heteroatoms. The van der Waals surface area contributed by atoms with E-state index in [4.69, 9.17) is 16.3 Å². The minimum atomic E-state index is -3.15. The van der Waals surface area contributed by atoms with Crippen molar-refractivity contribution >= 4 is 51.0 Å². The first-order valence-corrected chi connectivity index (χ1v) is 13.8. The van der Waals surface area contributed by atoms with Crippen LogP contribution in [0.4, 0.5) is 0 Å². The van der Waals surface area contributed by atoms with E-state index >= 15 is 0 Å². The molecule has 0 saturated carbocycles. The van der Waals surface area contributed by atoms with E-state index in [1.807, 2.05) is 24.3 Å². The highest BCUT2D eigenvalue weighted by molar-refractivity contribution is 7.88. The van der Waals surface area contributed by atoms with Gasteiger partial charge < -0.3 is 4.74 Å². The van der Waals surface area contributed by atoms with Crippen LogP contribution in [0, 0.1) is 0 Å². The molecule has 0 amide bonds. The molecule has 37 heavy (non-hydrogen) atoms. The van der Waals surface area contributed by atoms with Gasteiger partial charge in [-0.1, -0.05) is 23.7 Å². The molecule has 8 nitrogen and oxygen atoms in total. The lowest BCUT2D eigenvalue weighted by molar-refractivity contribution is 0.105. The standard InChI is InChI=1S/C26H25ClN4O4S.ClH/c1-36(33,34)31-10-8-30(9-11-31)12-13-35-21-6-7-22-23(14-21)26(32)25(19-15-28-17-29-16-19)24(22)18-2-4-20(27)5-3-18;/h2-7,14-17H,8-13H2,1H3;1H. The van der Waals surface area contributed by atoms with Crippen LogP contribution >= 0.6 is 24.0 Å². The maximum Gasteiger partial charge on any atom is 0.211 e. The molecule has 2 aromatic carbocycles. The molecule has 0 bridgehead atoms. The van der Waals surface area contributed by atoms with Crippen LogP contribution in [0.15, 0.2) is 61.2 Å². The third kappa shape index (κ3) is 5.86. The molecule has 1 aromatic heterocycles. The molecule has 3 aromatic rings. The number of halogens is 2. The van der Waals surface area contributed by atoms with Gasteiger partial charge in [-0.15, -0.1) is 12.4 Å². The highest BCUT2D eigenvalue weighted by Gasteiger charge is 2.32. The van der Waals surface area contributed by atoms with Gasteiger partial charge in [0.15, 0.2) is 5.78 Å². The van der Waals surface area contributed by atoms with Crippen molar-refractivity contribution in [2.24, 2.45) is 0 Å². The SMILES string of the molecule is CS(=O)(=O)N1CCN(CCOc2ccc3c(c2)C(=O)C(c2cncnc2)=C3c2ccc(Cl)cc2)CC1.Cl. The zero-order valence-corrected chi connectivity index (χ0v) is 22.5. The molecule has 0 N–H and O–H groups in total. The minimum Gasteiger partial charge on any atom is -0.492 e. The van der Waals surface area contributed by atoms with E-state index in [2.05, 4.69) is 14.9 Å². The van der Waals surface area contributed by atoms with Crippen LogP contribution < -0.4 is 4.74 Å². The Labute approximate surface area is 227 Å². The molecular formula is C26H26Cl2N4O4S. The number of hydrogen-bond donors (Lipinski definition) is 0. The number of benzene rings is 2. The summed E-state index contributed by atoms with van der Waals surface area (Å²) in [6.45, 7) is 3.40. The summed E-state index contributed by atoms with van der Waals surface area (Å²) in [6, 6.07) is 13.0. The van der Waals surface area contributed by atoms with Crippen LogP contribution in [0.3, 0.4) is 0 Å². The molecule has 1 aliphatic heterocycles. The molecule has 1 aliphatic carbocycles. The smallest absolute Gasteiger partial charge is 0.211 e. The second-order valence-electron chi connectivity index (χ2n) is 8.77. The highest BCUT2D eigenvalue weighted by atomic mass is 35.5. The van der Waals surface area contributed by atoms with Gasteiger partial charge in [-0.2, -0.15) is 4.31 Å². The fourth-order valence-corrected chi connectivity index (χ4v) is 5.55. The number of aromatic nitrogens is 2. The van der Waals surface area contributed by atoms with Crippen molar-refractivity contribution in [2.75, 3.05) is 45.6 Å². The number of rotatable bonds is 7. The van der Waals surface area contributed by atoms with Gasteiger partial charge >= 0.3 is 0 Å². The van der Waals surface area contributed by atoms with E-state index in [0.29, 0.717) is 66.8 Å². The number of ether oxygens (including phenoxy) is 1. The number of nitrogens with zero attached hydrogens (tertiary/aromatic N) is 4. The first kappa shape index (κ1) is 27.2. The van der Waals surface area contributed by atoms with Gasteiger partial charge in [-0.3, -0.25) is 9.69 Å². The van der Waals surface area contributed by atoms with Crippen LogP contribution in [-0.4, -0.2) is 79.0 Å². The maximum atomic E-state index is 13.6. The predicted molar refractivity (Wildman–Crippen MR) is 146 cm³/mol. The van der Waals surface area contributed by atoms with E-state index < -0.39 is 10.0 Å². The number of Topliss-reactive ketones (excluding diaryl/α,β-unsaturated/α-hetero) is 1. The molecule has 0 radical (unpaired) electrons. The number of ketones is 1. The summed E-state index contributed by atoms with van der Waals surface area (Å²) >= 11 is 6.10. The molecule has 0 atom stereocenters. The molecule has 0 spiro atoms. The zero-order valence-electron chi connectivity index (χ0n) is 20.1. The lowest BCUT2D eigenvalue weighted by Crippen LogP contribution is -2.49. The van der Waals surface area contributed by atoms with Crippen molar-refractivity contribution in [2.45, 2.75) is 0 Å². The number of allylic oxidation sites excluding steroid dienone is 1. The second-order valence-corrected chi connectivity index (χ2v) is 11.2. The predicted octanol–water partition coefficient (Wildman–Crippen LogP) is 3.66. The van der Waals surface area contributed by atoms with Gasteiger partial charge in [0.05, 0.1) is 6.26 Å². The van der Waals surface area contributed by atoms with Crippen molar-refractivity contribution in [3.63, 3.8) is 0 Å². The molecule has 0 unspecified atom stereocenters. The van der Waals surface area contributed by atoms with E-state index in [-0.39, 0.29) is 18.2 Å². The van der Waals surface area contributed by atoms with Crippen LogP contribution in [0.1, 0.15) is 27.0 Å². The van der Waals surface area contributed by atoms with Gasteiger partial charge in [0.2, 0.25) is 10.0 Å². The summed E-state index contributed by atoms with van der Waals surface area (Å²) in [6.07, 6.45) is 5.96. The molecular weight excluding hydrogens is 535 g/mol. The van der Waals surface area contributed by atoms with E-state index in [1.165, 1.54) is 16.9 Å². The summed E-state index contributed by atoms with van der Waals surface area (Å²) in [5.41, 5.74) is 4.29.